The van der Waals surface area contributed by atoms with Gasteiger partial charge >= 0.3 is 5.97 Å². The van der Waals surface area contributed by atoms with Gasteiger partial charge in [-0.15, -0.1) is 0 Å². The molecule has 1 aliphatic rings. The summed E-state index contributed by atoms with van der Waals surface area (Å²) in [5, 5.41) is 1.53. The summed E-state index contributed by atoms with van der Waals surface area (Å²) in [6.45, 7) is 1.58. The van der Waals surface area contributed by atoms with Gasteiger partial charge in [-0.2, -0.15) is 0 Å². The number of esters is 1. The topological polar surface area (TPSA) is 97.3 Å². The molecule has 1 N–H and O–H groups in total. The molecule has 0 unspecified atom stereocenters. The molecule has 33 heavy (non-hydrogen) atoms. The summed E-state index contributed by atoms with van der Waals surface area (Å²) in [5.41, 5.74) is 4.17. The molecule has 8 heteroatoms. The van der Waals surface area contributed by atoms with Gasteiger partial charge in [0.1, 0.15) is 0 Å². The predicted molar refractivity (Wildman–Crippen MR) is 124 cm³/mol. The minimum atomic E-state index is -0.381. The number of fused-ring (bicyclic) bond motifs is 4. The van der Waals surface area contributed by atoms with Gasteiger partial charge in [-0.3, -0.25) is 14.2 Å². The molecule has 1 amide bonds. The standard InChI is InChI=1S/C25H24N4O4/c1-33-25(32)16-8-9-21-18(13-16)19-14-28(12-10-22(19)27-21)23(30)7-4-11-29-15-26-20-6-3-2-5-17(20)24(29)31/h2-3,5-6,8-9,13,15,27H,4,7,10-12,14H2,1H3. The number of hydrogen-bond acceptors (Lipinski definition) is 5. The maximum absolute atomic E-state index is 12.9. The number of H-pyrrole nitrogens is 1. The van der Waals surface area contributed by atoms with Gasteiger partial charge in [0.2, 0.25) is 5.91 Å². The number of rotatable bonds is 5. The fourth-order valence-electron chi connectivity index (χ4n) is 4.50. The number of aromatic amines is 1. The normalized spacial score (nSPS) is 13.3. The van der Waals surface area contributed by atoms with Crippen molar-refractivity contribution in [3.8, 4) is 0 Å². The van der Waals surface area contributed by atoms with Crippen molar-refractivity contribution in [2.24, 2.45) is 0 Å². The van der Waals surface area contributed by atoms with Crippen molar-refractivity contribution >= 4 is 33.7 Å². The second-order valence-electron chi connectivity index (χ2n) is 8.26. The average molecular weight is 444 g/mol. The van der Waals surface area contributed by atoms with Crippen LogP contribution in [0, 0.1) is 0 Å². The highest BCUT2D eigenvalue weighted by molar-refractivity contribution is 5.96. The van der Waals surface area contributed by atoms with Crippen LogP contribution in [0.4, 0.5) is 0 Å². The summed E-state index contributed by atoms with van der Waals surface area (Å²) in [6, 6.07) is 12.7. The van der Waals surface area contributed by atoms with Crippen molar-refractivity contribution in [2.75, 3.05) is 13.7 Å². The van der Waals surface area contributed by atoms with E-state index in [9.17, 15) is 14.4 Å². The van der Waals surface area contributed by atoms with E-state index in [0.29, 0.717) is 48.9 Å². The van der Waals surface area contributed by atoms with Crippen LogP contribution in [-0.2, 0) is 29.0 Å². The monoisotopic (exact) mass is 444 g/mol. The number of amides is 1. The number of ether oxygens (including phenoxy) is 1. The maximum Gasteiger partial charge on any atom is 0.337 e. The predicted octanol–water partition coefficient (Wildman–Crippen LogP) is 3.03. The van der Waals surface area contributed by atoms with Gasteiger partial charge in [0.15, 0.2) is 0 Å². The molecule has 2 aromatic carbocycles. The van der Waals surface area contributed by atoms with Crippen LogP contribution in [0.5, 0.6) is 0 Å². The molecule has 0 saturated carbocycles. The van der Waals surface area contributed by atoms with Crippen molar-refractivity contribution in [1.29, 1.82) is 0 Å². The summed E-state index contributed by atoms with van der Waals surface area (Å²) in [4.78, 5) is 47.1. The lowest BCUT2D eigenvalue weighted by atomic mass is 10.0. The highest BCUT2D eigenvalue weighted by atomic mass is 16.5. The Labute approximate surface area is 189 Å². The molecule has 0 saturated heterocycles. The van der Waals surface area contributed by atoms with E-state index in [1.54, 1.807) is 23.0 Å². The largest absolute Gasteiger partial charge is 0.465 e. The van der Waals surface area contributed by atoms with Crippen LogP contribution in [0.15, 0.2) is 53.6 Å². The second kappa shape index (κ2) is 8.54. The number of aryl methyl sites for hydroxylation is 1. The number of carbonyl (C=O) groups is 2. The maximum atomic E-state index is 12.9. The number of nitrogens with zero attached hydrogens (tertiary/aromatic N) is 3. The number of aromatic nitrogens is 3. The first-order valence-electron chi connectivity index (χ1n) is 11.0. The molecule has 168 valence electrons. The van der Waals surface area contributed by atoms with Gasteiger partial charge < -0.3 is 14.6 Å². The van der Waals surface area contributed by atoms with E-state index in [2.05, 4.69) is 9.97 Å². The van der Waals surface area contributed by atoms with Gasteiger partial charge in [0.05, 0.1) is 29.9 Å². The number of benzene rings is 2. The van der Waals surface area contributed by atoms with Gasteiger partial charge in [0, 0.05) is 54.6 Å². The molecule has 2 aromatic heterocycles. The van der Waals surface area contributed by atoms with E-state index in [1.807, 2.05) is 35.2 Å². The number of carbonyl (C=O) groups excluding carboxylic acids is 2. The molecule has 3 heterocycles. The lowest BCUT2D eigenvalue weighted by Gasteiger charge is -2.27. The second-order valence-corrected chi connectivity index (χ2v) is 8.26. The number of hydrogen-bond donors (Lipinski definition) is 1. The fourth-order valence-corrected chi connectivity index (χ4v) is 4.50. The lowest BCUT2D eigenvalue weighted by Crippen LogP contribution is -2.35. The van der Waals surface area contributed by atoms with E-state index in [4.69, 9.17) is 4.74 Å². The molecule has 5 rings (SSSR count). The first kappa shape index (κ1) is 20.9. The molecule has 0 radical (unpaired) electrons. The minimum absolute atomic E-state index is 0.0564. The van der Waals surface area contributed by atoms with Crippen molar-refractivity contribution in [2.45, 2.75) is 32.4 Å². The fraction of sp³-hybridized carbons (Fsp3) is 0.280. The summed E-state index contributed by atoms with van der Waals surface area (Å²) >= 11 is 0. The van der Waals surface area contributed by atoms with Crippen LogP contribution in [-0.4, -0.2) is 45.0 Å². The van der Waals surface area contributed by atoms with Gasteiger partial charge in [-0.05, 0) is 36.8 Å². The van der Waals surface area contributed by atoms with E-state index < -0.39 is 0 Å². The average Bonchev–Trinajstić information content (AvgIpc) is 3.22. The van der Waals surface area contributed by atoms with Crippen LogP contribution in [0.1, 0.15) is 34.5 Å². The Balaban J connectivity index is 1.27. The Hall–Kier alpha value is -3.94. The summed E-state index contributed by atoms with van der Waals surface area (Å²) in [6.07, 6.45) is 3.19. The Morgan fingerprint density at radius 3 is 2.85 bits per heavy atom. The van der Waals surface area contributed by atoms with E-state index >= 15 is 0 Å². The van der Waals surface area contributed by atoms with Gasteiger partial charge in [-0.25, -0.2) is 9.78 Å². The summed E-state index contributed by atoms with van der Waals surface area (Å²) < 4.78 is 6.40. The summed E-state index contributed by atoms with van der Waals surface area (Å²) in [7, 11) is 1.36. The number of nitrogens with one attached hydrogen (secondary N) is 1. The summed E-state index contributed by atoms with van der Waals surface area (Å²) in [5.74, 6) is -0.324. The van der Waals surface area contributed by atoms with E-state index in [0.717, 1.165) is 28.6 Å². The highest BCUT2D eigenvalue weighted by Gasteiger charge is 2.24. The Kier molecular flexibility index (Phi) is 5.42. The Morgan fingerprint density at radius 1 is 1.15 bits per heavy atom. The van der Waals surface area contributed by atoms with Crippen LogP contribution < -0.4 is 5.56 Å². The lowest BCUT2D eigenvalue weighted by molar-refractivity contribution is -0.132. The van der Waals surface area contributed by atoms with Crippen molar-refractivity contribution in [3.63, 3.8) is 0 Å². The van der Waals surface area contributed by atoms with E-state index in [1.165, 1.54) is 7.11 Å². The molecule has 4 aromatic rings. The first-order chi connectivity index (χ1) is 16.0. The molecule has 1 aliphatic heterocycles. The van der Waals surface area contributed by atoms with Crippen LogP contribution >= 0.6 is 0 Å². The Morgan fingerprint density at radius 2 is 2.00 bits per heavy atom. The number of methoxy groups -OCH3 is 1. The zero-order valence-corrected chi connectivity index (χ0v) is 18.3. The van der Waals surface area contributed by atoms with Crippen molar-refractivity contribution < 1.29 is 14.3 Å². The molecular formula is C25H24N4O4. The molecule has 0 spiro atoms. The molecule has 0 atom stereocenters. The minimum Gasteiger partial charge on any atom is -0.465 e. The SMILES string of the molecule is COC(=O)c1ccc2[nH]c3c(c2c1)CN(C(=O)CCCn1cnc2ccccc2c1=O)CC3. The smallest absolute Gasteiger partial charge is 0.337 e. The van der Waals surface area contributed by atoms with Gasteiger partial charge in [-0.1, -0.05) is 12.1 Å². The Bertz CT molecular complexity index is 1440. The van der Waals surface area contributed by atoms with Gasteiger partial charge in [0.25, 0.3) is 5.56 Å². The zero-order chi connectivity index (χ0) is 22.9. The van der Waals surface area contributed by atoms with Crippen molar-refractivity contribution in [1.82, 2.24) is 19.4 Å². The number of para-hydroxylation sites is 1. The third-order valence-electron chi connectivity index (χ3n) is 6.27. The third-order valence-corrected chi connectivity index (χ3v) is 6.27. The van der Waals surface area contributed by atoms with Crippen LogP contribution in [0.3, 0.4) is 0 Å². The highest BCUT2D eigenvalue weighted by Crippen LogP contribution is 2.29. The van der Waals surface area contributed by atoms with Crippen LogP contribution in [0.25, 0.3) is 21.8 Å². The first-order valence-corrected chi connectivity index (χ1v) is 11.0. The molecule has 0 aliphatic carbocycles. The van der Waals surface area contributed by atoms with Crippen LogP contribution in [0.2, 0.25) is 0 Å². The molecule has 0 fully saturated rings. The molecule has 0 bridgehead atoms. The molecular weight excluding hydrogens is 420 g/mol. The zero-order valence-electron chi connectivity index (χ0n) is 18.3. The van der Waals surface area contributed by atoms with E-state index in [-0.39, 0.29) is 17.4 Å². The molecule has 8 nitrogen and oxygen atoms in total. The quantitative estimate of drug-likeness (QED) is 0.477. The van der Waals surface area contributed by atoms with Crippen molar-refractivity contribution in [3.05, 3.63) is 76.0 Å². The third kappa shape index (κ3) is 3.88.